The maximum Gasteiger partial charge on any atom is 0.256 e. The van der Waals surface area contributed by atoms with Crippen molar-refractivity contribution in [2.45, 2.75) is 6.04 Å². The molecule has 0 aliphatic carbocycles. The van der Waals surface area contributed by atoms with E-state index >= 15 is 0 Å². The van der Waals surface area contributed by atoms with Gasteiger partial charge in [0, 0.05) is 50.2 Å². The lowest BCUT2D eigenvalue weighted by Gasteiger charge is -2.33. The Hall–Kier alpha value is -3.98. The average Bonchev–Trinajstić information content (AvgIpc) is 3.45. The van der Waals surface area contributed by atoms with Gasteiger partial charge in [-0.15, -0.1) is 0 Å². The van der Waals surface area contributed by atoms with Crippen molar-refractivity contribution in [2.75, 3.05) is 43.4 Å². The molecule has 166 valence electrons. The average molecular weight is 441 g/mol. The fourth-order valence-corrected chi connectivity index (χ4v) is 4.63. The van der Waals surface area contributed by atoms with Gasteiger partial charge in [-0.05, 0) is 48.5 Å². The van der Waals surface area contributed by atoms with Gasteiger partial charge in [0.25, 0.3) is 5.91 Å². The topological polar surface area (TPSA) is 102 Å². The predicted octanol–water partition coefficient (Wildman–Crippen LogP) is 2.68. The van der Waals surface area contributed by atoms with Crippen LogP contribution in [-0.2, 0) is 0 Å². The van der Waals surface area contributed by atoms with Crippen molar-refractivity contribution in [2.24, 2.45) is 0 Å². The van der Waals surface area contributed by atoms with Crippen molar-refractivity contribution in [3.05, 3.63) is 71.8 Å². The van der Waals surface area contributed by atoms with Crippen LogP contribution in [0.15, 0.2) is 55.1 Å². The standard InChI is InChI=1S/C24H24N8O/c1-31-10-12-32(13-11-31)19-3-2-15(14-28-19)29-23-20-18(6-9-27-23)21(30-24(20)33)16-4-7-25-22-17(16)5-8-26-22/h2-9,14,21H,10-13H2,1H3,(H,25,26)(H,27,29)(H,30,33). The highest BCUT2D eigenvalue weighted by atomic mass is 16.2. The number of carbonyl (C=O) groups excluding carboxylic acids is 1. The number of likely N-dealkylation sites (N-methyl/N-ethyl adjacent to an activating group) is 1. The Kier molecular flexibility index (Phi) is 4.69. The second kappa shape index (κ2) is 7.86. The van der Waals surface area contributed by atoms with Crippen LogP contribution in [0, 0.1) is 0 Å². The minimum Gasteiger partial charge on any atom is -0.354 e. The molecule has 6 rings (SSSR count). The number of H-pyrrole nitrogens is 1. The molecule has 0 radical (unpaired) electrons. The number of aromatic nitrogens is 4. The summed E-state index contributed by atoms with van der Waals surface area (Å²) in [5.41, 5.74) is 4.05. The third kappa shape index (κ3) is 3.46. The molecule has 4 aromatic heterocycles. The first-order valence-corrected chi connectivity index (χ1v) is 11.1. The normalized spacial score (nSPS) is 18.4. The summed E-state index contributed by atoms with van der Waals surface area (Å²) >= 11 is 0. The maximum atomic E-state index is 13.0. The van der Waals surface area contributed by atoms with Gasteiger partial charge in [-0.3, -0.25) is 4.79 Å². The van der Waals surface area contributed by atoms with Crippen LogP contribution in [0.5, 0.6) is 0 Å². The first-order chi connectivity index (χ1) is 16.2. The van der Waals surface area contributed by atoms with Crippen LogP contribution in [0.25, 0.3) is 11.0 Å². The molecule has 1 fully saturated rings. The first-order valence-electron chi connectivity index (χ1n) is 11.1. The van der Waals surface area contributed by atoms with Gasteiger partial charge in [-0.1, -0.05) is 0 Å². The molecule has 2 aliphatic heterocycles. The summed E-state index contributed by atoms with van der Waals surface area (Å²) in [7, 11) is 2.14. The van der Waals surface area contributed by atoms with Gasteiger partial charge in [-0.25, -0.2) is 15.0 Å². The van der Waals surface area contributed by atoms with Crippen molar-refractivity contribution in [1.82, 2.24) is 30.2 Å². The molecule has 1 atom stereocenters. The Morgan fingerprint density at radius 3 is 2.61 bits per heavy atom. The SMILES string of the molecule is CN1CCN(c2ccc(Nc3nccc4c3C(=O)NC4c3ccnc4[nH]ccc34)cn2)CC1. The molecule has 9 heteroatoms. The number of hydrogen-bond donors (Lipinski definition) is 3. The molecule has 33 heavy (non-hydrogen) atoms. The van der Waals surface area contributed by atoms with Crippen molar-refractivity contribution >= 4 is 34.3 Å². The van der Waals surface area contributed by atoms with Gasteiger partial charge in [0.1, 0.15) is 17.3 Å². The fraction of sp³-hybridized carbons (Fsp3) is 0.250. The molecule has 0 aromatic carbocycles. The predicted molar refractivity (Wildman–Crippen MR) is 127 cm³/mol. The van der Waals surface area contributed by atoms with Gasteiger partial charge < -0.3 is 25.4 Å². The first kappa shape index (κ1) is 19.7. The molecule has 1 amide bonds. The van der Waals surface area contributed by atoms with Crippen LogP contribution in [-0.4, -0.2) is 64.0 Å². The molecule has 2 aliphatic rings. The number of piperazine rings is 1. The summed E-state index contributed by atoms with van der Waals surface area (Å²) in [5, 5.41) is 7.40. The minimum atomic E-state index is -0.255. The van der Waals surface area contributed by atoms with Crippen LogP contribution in [0.2, 0.25) is 0 Å². The molecule has 0 spiro atoms. The molecular formula is C24H24N8O. The van der Waals surface area contributed by atoms with Gasteiger partial charge in [-0.2, -0.15) is 0 Å². The van der Waals surface area contributed by atoms with Crippen LogP contribution < -0.4 is 15.5 Å². The highest BCUT2D eigenvalue weighted by molar-refractivity contribution is 6.05. The van der Waals surface area contributed by atoms with E-state index in [9.17, 15) is 4.79 Å². The van der Waals surface area contributed by atoms with Gasteiger partial charge in [0.2, 0.25) is 0 Å². The maximum absolute atomic E-state index is 13.0. The molecule has 0 bridgehead atoms. The highest BCUT2D eigenvalue weighted by Gasteiger charge is 2.33. The van der Waals surface area contributed by atoms with E-state index in [4.69, 9.17) is 0 Å². The van der Waals surface area contributed by atoms with Gasteiger partial charge >= 0.3 is 0 Å². The molecule has 1 unspecified atom stereocenters. The van der Waals surface area contributed by atoms with E-state index in [1.807, 2.05) is 36.5 Å². The fourth-order valence-electron chi connectivity index (χ4n) is 4.63. The molecule has 6 heterocycles. The molecule has 3 N–H and O–H groups in total. The number of nitrogens with zero attached hydrogens (tertiary/aromatic N) is 5. The lowest BCUT2D eigenvalue weighted by molar-refractivity contribution is 0.0961. The summed E-state index contributed by atoms with van der Waals surface area (Å²) in [5.74, 6) is 1.35. The Morgan fingerprint density at radius 1 is 0.970 bits per heavy atom. The molecule has 1 saturated heterocycles. The minimum absolute atomic E-state index is 0.145. The number of amides is 1. The number of anilines is 3. The summed E-state index contributed by atoms with van der Waals surface area (Å²) in [6.45, 7) is 4.00. The molecule has 9 nitrogen and oxygen atoms in total. The summed E-state index contributed by atoms with van der Waals surface area (Å²) in [6, 6.07) is 9.57. The van der Waals surface area contributed by atoms with Crippen LogP contribution in [0.3, 0.4) is 0 Å². The number of carbonyl (C=O) groups is 1. The van der Waals surface area contributed by atoms with E-state index in [0.717, 1.165) is 59.8 Å². The van der Waals surface area contributed by atoms with Crippen molar-refractivity contribution in [1.29, 1.82) is 0 Å². The van der Waals surface area contributed by atoms with E-state index in [1.54, 1.807) is 18.6 Å². The van der Waals surface area contributed by atoms with Crippen molar-refractivity contribution < 1.29 is 4.79 Å². The quantitative estimate of drug-likeness (QED) is 0.448. The lowest BCUT2D eigenvalue weighted by atomic mass is 9.98. The number of nitrogens with one attached hydrogen (secondary N) is 3. The second-order valence-corrected chi connectivity index (χ2v) is 8.49. The van der Waals surface area contributed by atoms with Crippen LogP contribution in [0.1, 0.15) is 27.5 Å². The Balaban J connectivity index is 1.28. The third-order valence-electron chi connectivity index (χ3n) is 6.44. The van der Waals surface area contributed by atoms with E-state index in [0.29, 0.717) is 11.4 Å². The molecule has 0 saturated carbocycles. The number of fused-ring (bicyclic) bond motifs is 2. The van der Waals surface area contributed by atoms with Crippen molar-refractivity contribution in [3.8, 4) is 0 Å². The summed E-state index contributed by atoms with van der Waals surface area (Å²) < 4.78 is 0. The molecular weight excluding hydrogens is 416 g/mol. The number of hydrogen-bond acceptors (Lipinski definition) is 7. The Bertz CT molecular complexity index is 1320. The van der Waals surface area contributed by atoms with E-state index in [-0.39, 0.29) is 11.9 Å². The van der Waals surface area contributed by atoms with E-state index in [2.05, 4.69) is 47.4 Å². The van der Waals surface area contributed by atoms with E-state index < -0.39 is 0 Å². The second-order valence-electron chi connectivity index (χ2n) is 8.49. The Morgan fingerprint density at radius 2 is 1.79 bits per heavy atom. The zero-order valence-corrected chi connectivity index (χ0v) is 18.2. The highest BCUT2D eigenvalue weighted by Crippen LogP contribution is 2.37. The molecule has 4 aromatic rings. The number of rotatable bonds is 4. The van der Waals surface area contributed by atoms with Crippen LogP contribution in [0.4, 0.5) is 17.3 Å². The van der Waals surface area contributed by atoms with Gasteiger partial charge in [0.05, 0.1) is 23.5 Å². The smallest absolute Gasteiger partial charge is 0.256 e. The zero-order valence-electron chi connectivity index (χ0n) is 18.2. The Labute approximate surface area is 190 Å². The van der Waals surface area contributed by atoms with Gasteiger partial charge in [0.15, 0.2) is 0 Å². The summed E-state index contributed by atoms with van der Waals surface area (Å²) in [4.78, 5) is 34.2. The number of pyridine rings is 3. The largest absolute Gasteiger partial charge is 0.354 e. The number of aromatic amines is 1. The van der Waals surface area contributed by atoms with Crippen LogP contribution >= 0.6 is 0 Å². The zero-order chi connectivity index (χ0) is 22.4. The monoisotopic (exact) mass is 440 g/mol. The summed E-state index contributed by atoms with van der Waals surface area (Å²) in [6.07, 6.45) is 7.14. The lowest BCUT2D eigenvalue weighted by Crippen LogP contribution is -2.44. The van der Waals surface area contributed by atoms with Crippen molar-refractivity contribution in [3.63, 3.8) is 0 Å². The third-order valence-corrected chi connectivity index (χ3v) is 6.44. The van der Waals surface area contributed by atoms with E-state index in [1.165, 1.54) is 0 Å².